The van der Waals surface area contributed by atoms with Crippen molar-refractivity contribution in [1.29, 1.82) is 0 Å². The van der Waals surface area contributed by atoms with Crippen LogP contribution in [0.4, 0.5) is 0 Å². The number of aromatic nitrogens is 2. The van der Waals surface area contributed by atoms with Crippen LogP contribution in [0.15, 0.2) is 4.47 Å². The van der Waals surface area contributed by atoms with Gasteiger partial charge in [0.15, 0.2) is 5.78 Å². The normalized spacial score (nSPS) is 18.7. The van der Waals surface area contributed by atoms with Gasteiger partial charge in [0.2, 0.25) is 0 Å². The van der Waals surface area contributed by atoms with E-state index < -0.39 is 5.54 Å². The Labute approximate surface area is 116 Å². The lowest BCUT2D eigenvalue weighted by molar-refractivity contribution is -0.123. The number of halogens is 1. The molecule has 1 aliphatic rings. The summed E-state index contributed by atoms with van der Waals surface area (Å²) < 4.78 is 2.81. The minimum Gasteiger partial charge on any atom is -0.319 e. The van der Waals surface area contributed by atoms with Gasteiger partial charge in [-0.05, 0) is 55.5 Å². The molecule has 2 rings (SSSR count). The van der Waals surface area contributed by atoms with E-state index in [1.807, 2.05) is 25.5 Å². The molecule has 0 saturated heterocycles. The first-order chi connectivity index (χ1) is 8.37. The van der Waals surface area contributed by atoms with E-state index in [0.29, 0.717) is 12.3 Å². The number of nitrogens with zero attached hydrogens (tertiary/aromatic N) is 2. The second-order valence-electron chi connectivity index (χ2n) is 5.32. The molecule has 1 aromatic rings. The topological polar surface area (TPSA) is 60.9 Å². The van der Waals surface area contributed by atoms with Crippen LogP contribution in [0.2, 0.25) is 0 Å². The molecule has 100 valence electrons. The van der Waals surface area contributed by atoms with E-state index in [1.54, 1.807) is 0 Å². The third-order valence-electron chi connectivity index (χ3n) is 3.81. The minimum atomic E-state index is -0.684. The Balaban J connectivity index is 2.21. The highest BCUT2D eigenvalue weighted by atomic mass is 79.9. The number of hydrogen-bond acceptors (Lipinski definition) is 3. The van der Waals surface area contributed by atoms with Crippen molar-refractivity contribution >= 4 is 21.7 Å². The molecule has 0 aromatic carbocycles. The Morgan fingerprint density at radius 2 is 2.22 bits per heavy atom. The third kappa shape index (κ3) is 2.38. The first-order valence-corrected chi connectivity index (χ1v) is 7.21. The molecule has 0 bridgehead atoms. The van der Waals surface area contributed by atoms with E-state index in [2.05, 4.69) is 21.0 Å². The predicted molar refractivity (Wildman–Crippen MR) is 74.4 cm³/mol. The Bertz CT molecular complexity index is 475. The van der Waals surface area contributed by atoms with Crippen LogP contribution in [0.5, 0.6) is 0 Å². The van der Waals surface area contributed by atoms with E-state index in [1.165, 1.54) is 0 Å². The second-order valence-corrected chi connectivity index (χ2v) is 6.11. The van der Waals surface area contributed by atoms with E-state index in [-0.39, 0.29) is 5.78 Å². The van der Waals surface area contributed by atoms with Gasteiger partial charge in [0, 0.05) is 6.54 Å². The molecule has 1 aromatic heterocycles. The largest absolute Gasteiger partial charge is 0.319 e. The van der Waals surface area contributed by atoms with Crippen molar-refractivity contribution in [2.45, 2.75) is 52.1 Å². The van der Waals surface area contributed by atoms with Crippen LogP contribution < -0.4 is 5.73 Å². The van der Waals surface area contributed by atoms with Gasteiger partial charge in [0.05, 0.1) is 27.8 Å². The van der Waals surface area contributed by atoms with Crippen LogP contribution >= 0.6 is 15.9 Å². The highest BCUT2D eigenvalue weighted by Gasteiger charge is 2.43. The summed E-state index contributed by atoms with van der Waals surface area (Å²) in [6.07, 6.45) is 2.51. The number of rotatable bonds is 5. The number of carbonyl (C=O) groups excluding carboxylic acids is 1. The molecule has 1 aliphatic carbocycles. The monoisotopic (exact) mass is 313 g/mol. The first-order valence-electron chi connectivity index (χ1n) is 6.41. The summed E-state index contributed by atoms with van der Waals surface area (Å²) in [4.78, 5) is 12.4. The molecule has 5 heteroatoms. The molecule has 0 spiro atoms. The van der Waals surface area contributed by atoms with Crippen molar-refractivity contribution in [1.82, 2.24) is 9.78 Å². The third-order valence-corrected chi connectivity index (χ3v) is 4.84. The summed E-state index contributed by atoms with van der Waals surface area (Å²) in [7, 11) is 0. The molecular weight excluding hydrogens is 294 g/mol. The molecule has 1 saturated carbocycles. The van der Waals surface area contributed by atoms with Gasteiger partial charge in [-0.15, -0.1) is 0 Å². The molecule has 1 fully saturated rings. The summed E-state index contributed by atoms with van der Waals surface area (Å²) in [5, 5.41) is 4.40. The van der Waals surface area contributed by atoms with Gasteiger partial charge >= 0.3 is 0 Å². The fraction of sp³-hybridized carbons (Fsp3) is 0.692. The van der Waals surface area contributed by atoms with E-state index in [0.717, 1.165) is 35.2 Å². The Morgan fingerprint density at radius 3 is 2.72 bits per heavy atom. The lowest BCUT2D eigenvalue weighted by Crippen LogP contribution is -2.48. The van der Waals surface area contributed by atoms with Crippen LogP contribution in [0.25, 0.3) is 0 Å². The van der Waals surface area contributed by atoms with Crippen LogP contribution in [0.3, 0.4) is 0 Å². The number of nitrogens with two attached hydrogens (primary N) is 1. The predicted octanol–water partition coefficient (Wildman–Crippen LogP) is 2.21. The molecular formula is C13H20BrN3O. The molecule has 0 radical (unpaired) electrons. The van der Waals surface area contributed by atoms with Gasteiger partial charge in [0.1, 0.15) is 0 Å². The van der Waals surface area contributed by atoms with Gasteiger partial charge in [-0.2, -0.15) is 5.10 Å². The standard InChI is InChI=1S/C13H20BrN3O/c1-4-17-10(12(14)8(2)16-17)7-11(18)13(3,15)9-5-6-9/h9H,4-7,15H2,1-3H3. The van der Waals surface area contributed by atoms with Crippen LogP contribution in [0, 0.1) is 12.8 Å². The zero-order valence-corrected chi connectivity index (χ0v) is 12.7. The molecule has 0 amide bonds. The number of aryl methyl sites for hydroxylation is 2. The van der Waals surface area contributed by atoms with Crippen molar-refractivity contribution in [3.63, 3.8) is 0 Å². The summed E-state index contributed by atoms with van der Waals surface area (Å²) in [5.41, 5.74) is 7.35. The number of ketones is 1. The lowest BCUT2D eigenvalue weighted by atomic mass is 9.89. The van der Waals surface area contributed by atoms with Crippen molar-refractivity contribution in [2.75, 3.05) is 0 Å². The van der Waals surface area contributed by atoms with Crippen LogP contribution in [0.1, 0.15) is 38.1 Å². The summed E-state index contributed by atoms with van der Waals surface area (Å²) >= 11 is 3.51. The van der Waals surface area contributed by atoms with Crippen molar-refractivity contribution in [3.05, 3.63) is 15.9 Å². The molecule has 18 heavy (non-hydrogen) atoms. The number of Topliss-reactive ketones (excluding diaryl/α,β-unsaturated/α-hetero) is 1. The van der Waals surface area contributed by atoms with Crippen LogP contribution in [-0.2, 0) is 17.8 Å². The lowest BCUT2D eigenvalue weighted by Gasteiger charge is -2.22. The SMILES string of the molecule is CCn1nc(C)c(Br)c1CC(=O)C(C)(N)C1CC1. The van der Waals surface area contributed by atoms with E-state index in [9.17, 15) is 4.79 Å². The molecule has 1 heterocycles. The van der Waals surface area contributed by atoms with Gasteiger partial charge < -0.3 is 5.73 Å². The van der Waals surface area contributed by atoms with Crippen molar-refractivity contribution in [2.24, 2.45) is 11.7 Å². The highest BCUT2D eigenvalue weighted by Crippen LogP contribution is 2.39. The average Bonchev–Trinajstić information content (AvgIpc) is 3.12. The highest BCUT2D eigenvalue weighted by molar-refractivity contribution is 9.10. The van der Waals surface area contributed by atoms with Crippen molar-refractivity contribution in [3.8, 4) is 0 Å². The maximum absolute atomic E-state index is 12.4. The van der Waals surface area contributed by atoms with Gasteiger partial charge in [-0.1, -0.05) is 0 Å². The van der Waals surface area contributed by atoms with E-state index in [4.69, 9.17) is 5.73 Å². The fourth-order valence-corrected chi connectivity index (χ4v) is 2.72. The average molecular weight is 314 g/mol. The zero-order valence-electron chi connectivity index (χ0n) is 11.2. The quantitative estimate of drug-likeness (QED) is 0.906. The summed E-state index contributed by atoms with van der Waals surface area (Å²) in [6, 6.07) is 0. The van der Waals surface area contributed by atoms with E-state index >= 15 is 0 Å². The summed E-state index contributed by atoms with van der Waals surface area (Å²) in [5.74, 6) is 0.475. The van der Waals surface area contributed by atoms with Crippen LogP contribution in [-0.4, -0.2) is 21.1 Å². The zero-order chi connectivity index (χ0) is 13.5. The number of hydrogen-bond donors (Lipinski definition) is 1. The molecule has 0 aliphatic heterocycles. The molecule has 1 atom stereocenters. The molecule has 2 N–H and O–H groups in total. The Kier molecular flexibility index (Phi) is 3.65. The van der Waals surface area contributed by atoms with Gasteiger partial charge in [-0.25, -0.2) is 0 Å². The smallest absolute Gasteiger partial charge is 0.158 e. The molecule has 4 nitrogen and oxygen atoms in total. The van der Waals surface area contributed by atoms with Crippen molar-refractivity contribution < 1.29 is 4.79 Å². The Morgan fingerprint density at radius 1 is 1.61 bits per heavy atom. The van der Waals surface area contributed by atoms with Gasteiger partial charge in [0.25, 0.3) is 0 Å². The fourth-order valence-electron chi connectivity index (χ4n) is 2.29. The maximum atomic E-state index is 12.4. The van der Waals surface area contributed by atoms with Gasteiger partial charge in [-0.3, -0.25) is 9.48 Å². The minimum absolute atomic E-state index is 0.111. The Hall–Kier alpha value is -0.680. The molecule has 1 unspecified atom stereocenters. The summed E-state index contributed by atoms with van der Waals surface area (Å²) in [6.45, 7) is 6.59. The first kappa shape index (κ1) is 13.7. The second kappa shape index (κ2) is 4.78. The number of carbonyl (C=O) groups is 1. The maximum Gasteiger partial charge on any atom is 0.158 e.